The summed E-state index contributed by atoms with van der Waals surface area (Å²) in [6, 6.07) is 8.69. The topological polar surface area (TPSA) is 34.4 Å². The Labute approximate surface area is 120 Å². The number of ether oxygens (including phenoxy) is 1. The van der Waals surface area contributed by atoms with E-state index in [9.17, 15) is 0 Å². The Morgan fingerprint density at radius 1 is 1.30 bits per heavy atom. The molecular weight excluding hydrogens is 250 g/mol. The summed E-state index contributed by atoms with van der Waals surface area (Å²) >= 11 is 0. The Bertz CT molecular complexity index is 569. The molecule has 20 heavy (non-hydrogen) atoms. The van der Waals surface area contributed by atoms with Crippen LogP contribution in [0, 0.1) is 5.92 Å². The van der Waals surface area contributed by atoms with Gasteiger partial charge in [-0.05, 0) is 24.8 Å². The van der Waals surface area contributed by atoms with Crippen molar-refractivity contribution in [2.45, 2.75) is 45.9 Å². The van der Waals surface area contributed by atoms with Crippen LogP contribution in [0.4, 0.5) is 0 Å². The molecule has 108 valence electrons. The maximum Gasteiger partial charge on any atom is 0.135 e. The van der Waals surface area contributed by atoms with Gasteiger partial charge in [0.25, 0.3) is 0 Å². The van der Waals surface area contributed by atoms with Gasteiger partial charge in [0, 0.05) is 30.1 Å². The van der Waals surface area contributed by atoms with Crippen LogP contribution in [0.15, 0.2) is 28.7 Å². The SMILES string of the molecule is CC(C)NCc1c(COCC2CC2)oc2ccccc12. The maximum absolute atomic E-state index is 5.97. The van der Waals surface area contributed by atoms with Gasteiger partial charge in [0.2, 0.25) is 0 Å². The molecule has 0 atom stereocenters. The molecule has 1 aromatic carbocycles. The van der Waals surface area contributed by atoms with Gasteiger partial charge < -0.3 is 14.5 Å². The molecule has 3 heteroatoms. The molecule has 1 aromatic heterocycles. The van der Waals surface area contributed by atoms with Gasteiger partial charge in [0.05, 0.1) is 0 Å². The van der Waals surface area contributed by atoms with Gasteiger partial charge in [-0.1, -0.05) is 32.0 Å². The predicted molar refractivity (Wildman–Crippen MR) is 80.6 cm³/mol. The minimum Gasteiger partial charge on any atom is -0.458 e. The van der Waals surface area contributed by atoms with Gasteiger partial charge in [-0.2, -0.15) is 0 Å². The van der Waals surface area contributed by atoms with E-state index in [2.05, 4.69) is 31.3 Å². The van der Waals surface area contributed by atoms with Gasteiger partial charge in [-0.25, -0.2) is 0 Å². The summed E-state index contributed by atoms with van der Waals surface area (Å²) in [4.78, 5) is 0. The van der Waals surface area contributed by atoms with Crippen molar-refractivity contribution < 1.29 is 9.15 Å². The smallest absolute Gasteiger partial charge is 0.135 e. The lowest BCUT2D eigenvalue weighted by Crippen LogP contribution is -2.22. The van der Waals surface area contributed by atoms with E-state index in [1.54, 1.807) is 0 Å². The summed E-state index contributed by atoms with van der Waals surface area (Å²) in [6.07, 6.45) is 2.64. The fraction of sp³-hybridized carbons (Fsp3) is 0.529. The zero-order chi connectivity index (χ0) is 13.9. The molecule has 1 aliphatic rings. The number of para-hydroxylation sites is 1. The monoisotopic (exact) mass is 273 g/mol. The fourth-order valence-corrected chi connectivity index (χ4v) is 2.37. The molecule has 2 aromatic rings. The van der Waals surface area contributed by atoms with Gasteiger partial charge in [-0.15, -0.1) is 0 Å². The molecule has 1 aliphatic carbocycles. The first kappa shape index (κ1) is 13.7. The van der Waals surface area contributed by atoms with Crippen LogP contribution >= 0.6 is 0 Å². The van der Waals surface area contributed by atoms with Crippen LogP contribution in [0.2, 0.25) is 0 Å². The molecule has 0 saturated heterocycles. The van der Waals surface area contributed by atoms with Crippen LogP contribution in [0.5, 0.6) is 0 Å². The zero-order valence-electron chi connectivity index (χ0n) is 12.3. The van der Waals surface area contributed by atoms with Crippen molar-refractivity contribution in [3.63, 3.8) is 0 Å². The molecule has 1 fully saturated rings. The summed E-state index contributed by atoms with van der Waals surface area (Å²) in [7, 11) is 0. The highest BCUT2D eigenvalue weighted by Gasteiger charge is 2.22. The summed E-state index contributed by atoms with van der Waals surface area (Å²) in [5.41, 5.74) is 2.20. The molecule has 3 rings (SSSR count). The molecule has 1 heterocycles. The van der Waals surface area contributed by atoms with Crippen molar-refractivity contribution >= 4 is 11.0 Å². The Hall–Kier alpha value is -1.32. The number of hydrogen-bond acceptors (Lipinski definition) is 3. The van der Waals surface area contributed by atoms with E-state index < -0.39 is 0 Å². The standard InChI is InChI=1S/C17H23NO2/c1-12(2)18-9-15-14-5-3-4-6-16(14)20-17(15)11-19-10-13-7-8-13/h3-6,12-13,18H,7-11H2,1-2H3. The first-order chi connectivity index (χ1) is 9.74. The van der Waals surface area contributed by atoms with Crippen molar-refractivity contribution in [1.29, 1.82) is 0 Å². The lowest BCUT2D eigenvalue weighted by molar-refractivity contribution is 0.0975. The second kappa shape index (κ2) is 5.98. The third-order valence-electron chi connectivity index (χ3n) is 3.75. The molecule has 0 aliphatic heterocycles. The van der Waals surface area contributed by atoms with E-state index in [1.807, 2.05) is 12.1 Å². The third-order valence-corrected chi connectivity index (χ3v) is 3.75. The lowest BCUT2D eigenvalue weighted by Gasteiger charge is -2.09. The van der Waals surface area contributed by atoms with Crippen molar-refractivity contribution in [3.05, 3.63) is 35.6 Å². The number of nitrogens with one attached hydrogen (secondary N) is 1. The van der Waals surface area contributed by atoms with E-state index in [-0.39, 0.29) is 0 Å². The highest BCUT2D eigenvalue weighted by molar-refractivity contribution is 5.82. The molecule has 0 spiro atoms. The third kappa shape index (κ3) is 3.22. The van der Waals surface area contributed by atoms with Gasteiger partial charge >= 0.3 is 0 Å². The Morgan fingerprint density at radius 2 is 2.10 bits per heavy atom. The van der Waals surface area contributed by atoms with Crippen molar-refractivity contribution in [2.24, 2.45) is 5.92 Å². The van der Waals surface area contributed by atoms with E-state index in [4.69, 9.17) is 9.15 Å². The first-order valence-electron chi connectivity index (χ1n) is 7.54. The Morgan fingerprint density at radius 3 is 2.85 bits per heavy atom. The molecule has 0 amide bonds. The highest BCUT2D eigenvalue weighted by atomic mass is 16.5. The van der Waals surface area contributed by atoms with Crippen molar-refractivity contribution in [2.75, 3.05) is 6.61 Å². The van der Waals surface area contributed by atoms with Crippen LogP contribution in [0.1, 0.15) is 38.0 Å². The zero-order valence-corrected chi connectivity index (χ0v) is 12.3. The van der Waals surface area contributed by atoms with Crippen LogP contribution in [-0.4, -0.2) is 12.6 Å². The molecule has 0 bridgehead atoms. The predicted octanol–water partition coefficient (Wildman–Crippen LogP) is 3.86. The number of benzene rings is 1. The largest absolute Gasteiger partial charge is 0.458 e. The van der Waals surface area contributed by atoms with Crippen LogP contribution in [0.25, 0.3) is 11.0 Å². The summed E-state index contributed by atoms with van der Waals surface area (Å²) in [5.74, 6) is 1.76. The molecule has 0 radical (unpaired) electrons. The van der Waals surface area contributed by atoms with Crippen LogP contribution < -0.4 is 5.32 Å². The summed E-state index contributed by atoms with van der Waals surface area (Å²) in [6.45, 7) is 6.60. The van der Waals surface area contributed by atoms with E-state index >= 15 is 0 Å². The quantitative estimate of drug-likeness (QED) is 0.832. The van der Waals surface area contributed by atoms with E-state index in [0.29, 0.717) is 12.6 Å². The number of hydrogen-bond donors (Lipinski definition) is 1. The number of furan rings is 1. The minimum atomic E-state index is 0.462. The van der Waals surface area contributed by atoms with E-state index in [0.717, 1.165) is 30.4 Å². The van der Waals surface area contributed by atoms with Crippen molar-refractivity contribution in [1.82, 2.24) is 5.32 Å². The summed E-state index contributed by atoms with van der Waals surface area (Å²) in [5, 5.41) is 4.68. The average Bonchev–Trinajstić information content (AvgIpc) is 3.18. The second-order valence-corrected chi connectivity index (χ2v) is 5.99. The normalized spacial score (nSPS) is 15.3. The number of rotatable bonds is 7. The average molecular weight is 273 g/mol. The number of fused-ring (bicyclic) bond motifs is 1. The highest BCUT2D eigenvalue weighted by Crippen LogP contribution is 2.30. The van der Waals surface area contributed by atoms with Gasteiger partial charge in [-0.3, -0.25) is 0 Å². The fourth-order valence-electron chi connectivity index (χ4n) is 2.37. The van der Waals surface area contributed by atoms with Crippen LogP contribution in [0.3, 0.4) is 0 Å². The van der Waals surface area contributed by atoms with Gasteiger partial charge in [0.15, 0.2) is 0 Å². The maximum atomic E-state index is 5.97. The Balaban J connectivity index is 1.77. The van der Waals surface area contributed by atoms with E-state index in [1.165, 1.54) is 23.8 Å². The van der Waals surface area contributed by atoms with Crippen molar-refractivity contribution in [3.8, 4) is 0 Å². The van der Waals surface area contributed by atoms with Crippen LogP contribution in [-0.2, 0) is 17.9 Å². The lowest BCUT2D eigenvalue weighted by atomic mass is 10.1. The molecular formula is C17H23NO2. The Kier molecular flexibility index (Phi) is 4.08. The second-order valence-electron chi connectivity index (χ2n) is 5.99. The molecule has 3 nitrogen and oxygen atoms in total. The molecule has 0 unspecified atom stereocenters. The molecule has 1 N–H and O–H groups in total. The van der Waals surface area contributed by atoms with Gasteiger partial charge in [0.1, 0.15) is 18.0 Å². The molecule has 1 saturated carbocycles. The first-order valence-corrected chi connectivity index (χ1v) is 7.54. The minimum absolute atomic E-state index is 0.462. The summed E-state index contributed by atoms with van der Waals surface area (Å²) < 4.78 is 11.8.